The fourth-order valence-corrected chi connectivity index (χ4v) is 9.55. The van der Waals surface area contributed by atoms with Crippen LogP contribution >= 0.6 is 11.3 Å². The van der Waals surface area contributed by atoms with Crippen LogP contribution in [0, 0.1) is 29.6 Å². The predicted octanol–water partition coefficient (Wildman–Crippen LogP) is 7.46. The van der Waals surface area contributed by atoms with E-state index in [0.29, 0.717) is 41.6 Å². The number of aliphatic hydroxyl groups excluding tert-OH is 1. The standard InChI is InChI=1S/C41H37N7O2S/c1-24-28(5-4-6-29(24)41-46-36-16-31-30(33(19-43)40(36)50-41)7-8-37(31)48-12-2-3-13-48)34-23-51-38(32(34)18-42)17-35-39-26(9-11-44-35)15-25(20-45-39)21-47-14-10-27(49)22-47/h4-6,9,11,15-16,20,23,27,37,49H,2-3,7-8,10,12-14,17,21-22H2,1H3/t27-,37-/m1/s1. The van der Waals surface area contributed by atoms with Gasteiger partial charge in [0.05, 0.1) is 22.9 Å². The molecule has 6 heterocycles. The number of benzene rings is 2. The highest BCUT2D eigenvalue weighted by atomic mass is 32.1. The first-order valence-corrected chi connectivity index (χ1v) is 18.7. The summed E-state index contributed by atoms with van der Waals surface area (Å²) in [6.07, 6.45) is 9.15. The molecule has 10 heteroatoms. The van der Waals surface area contributed by atoms with Crippen molar-refractivity contribution in [3.63, 3.8) is 0 Å². The molecule has 2 atom stereocenters. The molecule has 3 aliphatic rings. The molecular weight excluding hydrogens is 655 g/mol. The van der Waals surface area contributed by atoms with Crippen molar-refractivity contribution in [3.05, 3.63) is 98.1 Å². The van der Waals surface area contributed by atoms with Gasteiger partial charge in [-0.3, -0.25) is 19.8 Å². The van der Waals surface area contributed by atoms with Crippen LogP contribution in [0.5, 0.6) is 0 Å². The van der Waals surface area contributed by atoms with Crippen LogP contribution in [0.4, 0.5) is 0 Å². The first kappa shape index (κ1) is 32.0. The van der Waals surface area contributed by atoms with Crippen LogP contribution in [0.1, 0.15) is 75.7 Å². The Labute approximate surface area is 300 Å². The molecule has 1 aliphatic carbocycles. The number of rotatable bonds is 7. The number of hydrogen-bond acceptors (Lipinski definition) is 10. The number of thiophene rings is 1. The van der Waals surface area contributed by atoms with E-state index >= 15 is 0 Å². The van der Waals surface area contributed by atoms with Gasteiger partial charge in [0.25, 0.3) is 0 Å². The molecule has 4 aromatic heterocycles. The zero-order chi connectivity index (χ0) is 34.6. The number of nitriles is 2. The van der Waals surface area contributed by atoms with Crippen molar-refractivity contribution >= 4 is 33.3 Å². The summed E-state index contributed by atoms with van der Waals surface area (Å²) in [4.78, 5) is 20.2. The van der Waals surface area contributed by atoms with Crippen molar-refractivity contribution in [1.29, 1.82) is 10.5 Å². The molecule has 0 amide bonds. The number of fused-ring (bicyclic) bond motifs is 3. The van der Waals surface area contributed by atoms with Crippen LogP contribution < -0.4 is 0 Å². The van der Waals surface area contributed by atoms with Crippen LogP contribution in [0.3, 0.4) is 0 Å². The van der Waals surface area contributed by atoms with Crippen molar-refractivity contribution in [2.45, 2.75) is 64.1 Å². The average molecular weight is 692 g/mol. The summed E-state index contributed by atoms with van der Waals surface area (Å²) >= 11 is 1.57. The third-order valence-corrected chi connectivity index (χ3v) is 12.1. The Morgan fingerprint density at radius 3 is 2.65 bits per heavy atom. The molecule has 2 saturated heterocycles. The van der Waals surface area contributed by atoms with Gasteiger partial charge < -0.3 is 9.52 Å². The number of oxazole rings is 1. The van der Waals surface area contributed by atoms with E-state index in [9.17, 15) is 15.6 Å². The van der Waals surface area contributed by atoms with Crippen molar-refractivity contribution in [1.82, 2.24) is 24.8 Å². The van der Waals surface area contributed by atoms with E-state index in [4.69, 9.17) is 19.4 Å². The van der Waals surface area contributed by atoms with Crippen molar-refractivity contribution < 1.29 is 9.52 Å². The Balaban J connectivity index is 1.03. The maximum atomic E-state index is 10.5. The summed E-state index contributed by atoms with van der Waals surface area (Å²) in [6.45, 7) is 6.60. The van der Waals surface area contributed by atoms with Gasteiger partial charge in [-0.1, -0.05) is 12.1 Å². The molecule has 1 N–H and O–H groups in total. The van der Waals surface area contributed by atoms with E-state index in [2.05, 4.69) is 39.5 Å². The highest BCUT2D eigenvalue weighted by Gasteiger charge is 2.33. The fourth-order valence-electron chi connectivity index (χ4n) is 8.55. The molecule has 0 radical (unpaired) electrons. The summed E-state index contributed by atoms with van der Waals surface area (Å²) in [6, 6.07) is 17.6. The maximum absolute atomic E-state index is 10.5. The van der Waals surface area contributed by atoms with Gasteiger partial charge >= 0.3 is 0 Å². The van der Waals surface area contributed by atoms with Crippen LogP contribution in [-0.2, 0) is 19.4 Å². The maximum Gasteiger partial charge on any atom is 0.227 e. The van der Waals surface area contributed by atoms with Gasteiger partial charge in [-0.25, -0.2) is 4.98 Å². The second-order valence-corrected chi connectivity index (χ2v) is 15.1. The van der Waals surface area contributed by atoms with Gasteiger partial charge in [0.1, 0.15) is 23.2 Å². The van der Waals surface area contributed by atoms with Crippen molar-refractivity contribution in [2.75, 3.05) is 26.2 Å². The first-order valence-electron chi connectivity index (χ1n) is 17.8. The summed E-state index contributed by atoms with van der Waals surface area (Å²) in [5.41, 5.74) is 11.3. The van der Waals surface area contributed by atoms with Crippen LogP contribution in [0.15, 0.2) is 58.6 Å². The third-order valence-electron chi connectivity index (χ3n) is 11.1. The van der Waals surface area contributed by atoms with Crippen molar-refractivity contribution in [3.8, 4) is 34.7 Å². The van der Waals surface area contributed by atoms with Gasteiger partial charge in [0, 0.05) is 71.3 Å². The molecule has 2 aromatic carbocycles. The van der Waals surface area contributed by atoms with E-state index in [1.54, 1.807) is 11.3 Å². The topological polar surface area (TPSA) is 126 Å². The molecule has 254 valence electrons. The monoisotopic (exact) mass is 691 g/mol. The zero-order valence-electron chi connectivity index (χ0n) is 28.5. The molecule has 0 bridgehead atoms. The molecule has 2 fully saturated rings. The molecule has 6 aromatic rings. The highest BCUT2D eigenvalue weighted by Crippen LogP contribution is 2.44. The van der Waals surface area contributed by atoms with Crippen LogP contribution in [0.25, 0.3) is 44.6 Å². The second kappa shape index (κ2) is 13.0. The lowest BCUT2D eigenvalue weighted by atomic mass is 9.94. The van der Waals surface area contributed by atoms with Crippen LogP contribution in [-0.4, -0.2) is 62.1 Å². The second-order valence-electron chi connectivity index (χ2n) is 14.2. The number of β-amino-alcohol motifs (C(OH)–C–C–N with tert-alkyl or cyclic N) is 1. The molecule has 0 spiro atoms. The summed E-state index contributed by atoms with van der Waals surface area (Å²) < 4.78 is 6.43. The molecule has 51 heavy (non-hydrogen) atoms. The Bertz CT molecular complexity index is 2410. The molecule has 9 rings (SSSR count). The molecule has 0 unspecified atom stereocenters. The first-order chi connectivity index (χ1) is 25.0. The quantitative estimate of drug-likeness (QED) is 0.182. The highest BCUT2D eigenvalue weighted by molar-refractivity contribution is 7.10. The summed E-state index contributed by atoms with van der Waals surface area (Å²) in [7, 11) is 0. The van der Waals surface area contributed by atoms with E-state index in [1.165, 1.54) is 18.4 Å². The third kappa shape index (κ3) is 5.60. The van der Waals surface area contributed by atoms with Gasteiger partial charge in [-0.05, 0) is 104 Å². The SMILES string of the molecule is Cc1c(-c2nc3cc4c(c(C#N)c3o2)CC[C@H]4N2CCCC2)cccc1-c1csc(Cc2nccc3cc(CN4CC[C@@H](O)C4)cnc23)c1C#N. The molecule has 9 nitrogen and oxygen atoms in total. The smallest absolute Gasteiger partial charge is 0.227 e. The minimum absolute atomic E-state index is 0.251. The fraction of sp³-hybridized carbons (Fsp3) is 0.341. The normalized spacial score (nSPS) is 19.2. The number of pyridine rings is 2. The van der Waals surface area contributed by atoms with Gasteiger partial charge in [-0.15, -0.1) is 11.3 Å². The lowest BCUT2D eigenvalue weighted by Crippen LogP contribution is -2.23. The molecule has 2 aliphatic heterocycles. The number of aromatic nitrogens is 3. The van der Waals surface area contributed by atoms with Gasteiger partial charge in [-0.2, -0.15) is 10.5 Å². The van der Waals surface area contributed by atoms with E-state index in [0.717, 1.165) is 106 Å². The number of aliphatic hydroxyl groups is 1. The van der Waals surface area contributed by atoms with E-state index < -0.39 is 0 Å². The van der Waals surface area contributed by atoms with Crippen molar-refractivity contribution in [2.24, 2.45) is 0 Å². The zero-order valence-corrected chi connectivity index (χ0v) is 29.3. The number of hydrogen-bond donors (Lipinski definition) is 1. The number of likely N-dealkylation sites (tertiary alicyclic amines) is 2. The molecule has 0 saturated carbocycles. The van der Waals surface area contributed by atoms with E-state index in [1.807, 2.05) is 43.6 Å². The van der Waals surface area contributed by atoms with Crippen LogP contribution in [0.2, 0.25) is 0 Å². The van der Waals surface area contributed by atoms with Gasteiger partial charge in [0.2, 0.25) is 5.89 Å². The minimum Gasteiger partial charge on any atom is -0.435 e. The average Bonchev–Trinajstić information content (AvgIpc) is 3.99. The number of nitrogens with zero attached hydrogens (tertiary/aromatic N) is 7. The Morgan fingerprint density at radius 1 is 1.00 bits per heavy atom. The lowest BCUT2D eigenvalue weighted by Gasteiger charge is -2.24. The lowest BCUT2D eigenvalue weighted by molar-refractivity contribution is 0.175. The summed E-state index contributed by atoms with van der Waals surface area (Å²) in [5.74, 6) is 0.488. The minimum atomic E-state index is -0.251. The Morgan fingerprint density at radius 2 is 1.84 bits per heavy atom. The predicted molar refractivity (Wildman–Crippen MR) is 197 cm³/mol. The summed E-state index contributed by atoms with van der Waals surface area (Å²) in [5, 5.41) is 33.8. The van der Waals surface area contributed by atoms with Gasteiger partial charge in [0.15, 0.2) is 5.58 Å². The Hall–Kier alpha value is -4.97. The van der Waals surface area contributed by atoms with E-state index in [-0.39, 0.29) is 6.10 Å². The largest absolute Gasteiger partial charge is 0.435 e. The molecular formula is C41H37N7O2S. The Kier molecular flexibility index (Phi) is 8.13.